The van der Waals surface area contributed by atoms with Crippen molar-refractivity contribution < 1.29 is 36.5 Å². The average molecular weight is 1670 g/mol. The molecule has 4 heterocycles. The van der Waals surface area contributed by atoms with Gasteiger partial charge in [-0.3, -0.25) is 0 Å². The molecule has 0 aliphatic heterocycles. The summed E-state index contributed by atoms with van der Waals surface area (Å²) < 4.78 is 46.7. The van der Waals surface area contributed by atoms with Crippen molar-refractivity contribution in [3.05, 3.63) is 422 Å². The molecule has 0 radical (unpaired) electrons. The number of benzene rings is 16. The molecule has 0 fully saturated rings. The van der Waals surface area contributed by atoms with E-state index in [1.165, 1.54) is 90.0 Å². The van der Waals surface area contributed by atoms with Gasteiger partial charge < -0.3 is 9.47 Å². The molecule has 0 saturated carbocycles. The van der Waals surface area contributed by atoms with Gasteiger partial charge in [0.15, 0.2) is 24.8 Å². The van der Waals surface area contributed by atoms with E-state index in [9.17, 15) is 8.78 Å². The molecule has 4 aromatic heterocycles. The van der Waals surface area contributed by atoms with Crippen molar-refractivity contribution in [1.82, 2.24) is 19.9 Å². The number of aromatic nitrogens is 8. The second-order valence-corrected chi connectivity index (χ2v) is 32.7. The zero-order chi connectivity index (χ0) is 88.6. The van der Waals surface area contributed by atoms with Crippen LogP contribution in [0.3, 0.4) is 0 Å². The minimum absolute atomic E-state index is 0.267. The van der Waals surface area contributed by atoms with Crippen molar-refractivity contribution in [3.8, 4) is 147 Å². The molecule has 20 rings (SSSR count). The Labute approximate surface area is 747 Å². The predicted octanol–water partition coefficient (Wildman–Crippen LogP) is 26.4. The van der Waals surface area contributed by atoms with E-state index < -0.39 is 0 Å². The van der Waals surface area contributed by atoms with E-state index in [4.69, 9.17) is 29.4 Å². The van der Waals surface area contributed by atoms with Crippen molar-refractivity contribution in [2.75, 3.05) is 14.2 Å². The topological polar surface area (TPSA) is 85.5 Å². The van der Waals surface area contributed by atoms with Crippen molar-refractivity contribution >= 4 is 43.1 Å². The first kappa shape index (κ1) is 84.5. The van der Waals surface area contributed by atoms with E-state index >= 15 is 0 Å². The molecular weight excluding hydrogens is 1580 g/mol. The summed E-state index contributed by atoms with van der Waals surface area (Å²) >= 11 is 0. The van der Waals surface area contributed by atoms with Gasteiger partial charge in [0.05, 0.1) is 36.5 Å². The number of rotatable bonds is 14. The van der Waals surface area contributed by atoms with E-state index in [0.29, 0.717) is 0 Å². The summed E-state index contributed by atoms with van der Waals surface area (Å²) in [5.41, 5.74) is 31.4. The standard InChI is InChI=1S/C30H27N2O2.C30H27N2.C28H21F2N2.C28H23N2/c1-20-17-26(34-4)15-16-27(20)30-29(24-10-9-21-7-5-6-8-23(21)18-24)31-28(19-32(30)2)22-11-13-25(33-3)14-12-22;1-20-9-12-24(13-10-20)28-19-32(4)30(27-16-11-21(2)17-22(27)3)29(31-28)26-15-14-23-7-5-6-8-25(23)18-26;1-18-15-24(30)13-14-25(18)28-27(22-8-7-19-5-3-4-6-21(19)16-22)31-26(17-32(28)2)20-9-11-23(29)12-10-20;1-20-10-6-9-15-25(20)28-27(24-17-16-21-11-7-8-14-23(21)18-24)29-26(19-30(28)2)22-12-4-3-5-13-22/h5-19H,1-4H3;5-19H,1-4H3;3-17H,1-2H3;3-19H,1-2H3/q4*+1. The smallest absolute Gasteiger partial charge is 0.239 e. The van der Waals surface area contributed by atoms with Crippen LogP contribution in [0.15, 0.2) is 377 Å². The average Bonchev–Trinajstić information content (AvgIpc) is 0.779. The van der Waals surface area contributed by atoms with Crippen LogP contribution >= 0.6 is 0 Å². The summed E-state index contributed by atoms with van der Waals surface area (Å²) in [5.74, 6) is 1.12. The van der Waals surface area contributed by atoms with Gasteiger partial charge in [-0.05, 0) is 228 Å². The Morgan fingerprint density at radius 1 is 0.219 bits per heavy atom. The van der Waals surface area contributed by atoms with E-state index in [2.05, 4.69) is 349 Å². The second kappa shape index (κ2) is 37.4. The van der Waals surface area contributed by atoms with Crippen LogP contribution in [-0.2, 0) is 28.2 Å². The van der Waals surface area contributed by atoms with Crippen LogP contribution in [0, 0.1) is 53.2 Å². The zero-order valence-electron chi connectivity index (χ0n) is 73.9. The molecule has 0 atom stereocenters. The Morgan fingerprint density at radius 2 is 0.500 bits per heavy atom. The second-order valence-electron chi connectivity index (χ2n) is 32.7. The number of halogens is 2. The lowest BCUT2D eigenvalue weighted by Crippen LogP contribution is -2.32. The molecule has 0 aliphatic rings. The van der Waals surface area contributed by atoms with Gasteiger partial charge in [0, 0.05) is 44.5 Å². The Morgan fingerprint density at radius 3 is 0.867 bits per heavy atom. The highest BCUT2D eigenvalue weighted by Crippen LogP contribution is 2.41. The number of aryl methyl sites for hydroxylation is 10. The third-order valence-corrected chi connectivity index (χ3v) is 23.7. The lowest BCUT2D eigenvalue weighted by Gasteiger charge is -2.13. The lowest BCUT2D eigenvalue weighted by atomic mass is 9.96. The van der Waals surface area contributed by atoms with Crippen LogP contribution in [0.2, 0.25) is 0 Å². The van der Waals surface area contributed by atoms with E-state index in [1.54, 1.807) is 32.4 Å². The Hall–Kier alpha value is -15.7. The number of ether oxygens (including phenoxy) is 2. The highest BCUT2D eigenvalue weighted by molar-refractivity contribution is 5.94. The molecule has 16 aromatic carbocycles. The van der Waals surface area contributed by atoms with Crippen LogP contribution in [0.4, 0.5) is 8.78 Å². The van der Waals surface area contributed by atoms with Gasteiger partial charge in [-0.25, -0.2) is 28.7 Å². The third-order valence-electron chi connectivity index (χ3n) is 23.7. The molecule has 128 heavy (non-hydrogen) atoms. The summed E-state index contributed by atoms with van der Waals surface area (Å²) in [7, 11) is 11.6. The minimum atomic E-state index is -0.286. The van der Waals surface area contributed by atoms with Gasteiger partial charge in [-0.2, -0.15) is 18.3 Å². The zero-order valence-corrected chi connectivity index (χ0v) is 73.9. The van der Waals surface area contributed by atoms with E-state index in [-0.39, 0.29) is 11.6 Å². The molecular formula is C116H98F2N8O2+4. The minimum Gasteiger partial charge on any atom is -0.497 e. The molecule has 624 valence electrons. The van der Waals surface area contributed by atoms with E-state index in [0.717, 1.165) is 157 Å². The van der Waals surface area contributed by atoms with Gasteiger partial charge in [0.2, 0.25) is 22.8 Å². The van der Waals surface area contributed by atoms with Gasteiger partial charge in [0.25, 0.3) is 0 Å². The Balaban J connectivity index is 0.000000120. The monoisotopic (exact) mass is 1670 g/mol. The van der Waals surface area contributed by atoms with Gasteiger partial charge in [-0.1, -0.05) is 242 Å². The van der Waals surface area contributed by atoms with Crippen LogP contribution in [0.5, 0.6) is 11.5 Å². The maximum atomic E-state index is 13.8. The molecule has 0 aliphatic carbocycles. The fraction of sp³-hybridized carbons (Fsp3) is 0.103. The van der Waals surface area contributed by atoms with Crippen molar-refractivity contribution in [1.29, 1.82) is 0 Å². The number of hydrogen-bond acceptors (Lipinski definition) is 6. The number of methoxy groups -OCH3 is 2. The fourth-order valence-corrected chi connectivity index (χ4v) is 17.0. The van der Waals surface area contributed by atoms with E-state index in [1.807, 2.05) is 73.3 Å². The molecule has 0 saturated heterocycles. The molecule has 20 aromatic rings. The Bertz CT molecular complexity index is 7320. The fourth-order valence-electron chi connectivity index (χ4n) is 17.0. The summed E-state index contributed by atoms with van der Waals surface area (Å²) in [4.78, 5) is 20.6. The summed E-state index contributed by atoms with van der Waals surface area (Å²) in [6.45, 7) is 12.6. The van der Waals surface area contributed by atoms with Crippen molar-refractivity contribution in [2.24, 2.45) is 28.2 Å². The third kappa shape index (κ3) is 18.3. The number of hydrogen-bond donors (Lipinski definition) is 0. The largest absolute Gasteiger partial charge is 0.497 e. The molecule has 0 spiro atoms. The highest BCUT2D eigenvalue weighted by Gasteiger charge is 2.30. The van der Waals surface area contributed by atoms with Crippen LogP contribution in [-0.4, -0.2) is 34.2 Å². The van der Waals surface area contributed by atoms with Gasteiger partial charge >= 0.3 is 0 Å². The normalized spacial score (nSPS) is 11.0. The summed E-state index contributed by atoms with van der Waals surface area (Å²) in [5, 5.41) is 9.59. The predicted molar refractivity (Wildman–Crippen MR) is 518 cm³/mol. The van der Waals surface area contributed by atoms with Crippen molar-refractivity contribution in [2.45, 2.75) is 41.5 Å². The maximum Gasteiger partial charge on any atom is 0.239 e. The van der Waals surface area contributed by atoms with Crippen LogP contribution < -0.4 is 27.7 Å². The Kier molecular flexibility index (Phi) is 24.7. The van der Waals surface area contributed by atoms with Crippen LogP contribution in [0.25, 0.3) is 178 Å². The summed E-state index contributed by atoms with van der Waals surface area (Å²) in [6, 6.07) is 119. The molecule has 12 heteroatoms. The first-order valence-electron chi connectivity index (χ1n) is 42.9. The number of fused-ring (bicyclic) bond motifs is 4. The molecule has 0 bridgehead atoms. The van der Waals surface area contributed by atoms with Crippen molar-refractivity contribution in [3.63, 3.8) is 0 Å². The van der Waals surface area contributed by atoms with Crippen LogP contribution in [0.1, 0.15) is 33.4 Å². The molecule has 0 N–H and O–H groups in total. The number of nitrogens with zero attached hydrogens (tertiary/aromatic N) is 8. The van der Waals surface area contributed by atoms with Gasteiger partial charge in [-0.15, -0.1) is 0 Å². The highest BCUT2D eigenvalue weighted by atomic mass is 19.1. The quantitative estimate of drug-likeness (QED) is 0.101. The first-order chi connectivity index (χ1) is 62.3. The first-order valence-corrected chi connectivity index (χ1v) is 42.9. The maximum absolute atomic E-state index is 13.8. The SMILES string of the molecule is COc1ccc(-c2c[n+](C)c(-c3ccc(OC)cc3C)c(-c3ccc4ccccc4c3)n2)cc1.Cc1cc(F)ccc1-c1c(-c2ccc3ccccc3c2)nc(-c2ccc(F)cc2)c[n+]1C.Cc1ccc(-c2c[n+](C)c(-c3ccc(C)cc3C)c(-c3ccc4ccccc4c3)n2)cc1.Cc1ccccc1-c1c(-c2ccc3ccccc3c2)nc(-c2ccccc2)c[n+]1C. The van der Waals surface area contributed by atoms with Gasteiger partial charge in [0.1, 0.15) is 96.9 Å². The molecule has 0 amide bonds. The molecule has 10 nitrogen and oxygen atoms in total. The summed E-state index contributed by atoms with van der Waals surface area (Å²) in [6.07, 6.45) is 8.28. The lowest BCUT2D eigenvalue weighted by molar-refractivity contribution is -0.660. The molecule has 0 unspecified atom stereocenters.